The molecule has 2 fully saturated rings. The van der Waals surface area contributed by atoms with Gasteiger partial charge in [-0.25, -0.2) is 9.97 Å². The van der Waals surface area contributed by atoms with E-state index in [4.69, 9.17) is 19.4 Å². The maximum Gasteiger partial charge on any atom is 0.268 e. The van der Waals surface area contributed by atoms with Crippen molar-refractivity contribution in [1.82, 2.24) is 19.8 Å². The first-order valence-corrected chi connectivity index (χ1v) is 12.1. The zero-order valence-electron chi connectivity index (χ0n) is 18.4. The minimum Gasteiger partial charge on any atom is -0.490 e. The number of hydrogen-bond acceptors (Lipinski definition) is 7. The predicted octanol–water partition coefficient (Wildman–Crippen LogP) is 3.61. The summed E-state index contributed by atoms with van der Waals surface area (Å²) in [5.74, 6) is 1.30. The average Bonchev–Trinajstić information content (AvgIpc) is 3.48. The third kappa shape index (κ3) is 4.35. The minimum absolute atomic E-state index is 0.00636. The van der Waals surface area contributed by atoms with Crippen LogP contribution in [0.2, 0.25) is 0 Å². The molecule has 0 atom stereocenters. The normalized spacial score (nSPS) is 17.2. The SMILES string of the molecule is Cc1nc(-c2ccccc2)nc2sc(C(=O)N3CCOCC3)c(OCCN3CCCC3)c12. The molecule has 0 unspecified atom stereocenters. The van der Waals surface area contributed by atoms with Gasteiger partial charge >= 0.3 is 0 Å². The van der Waals surface area contributed by atoms with Crippen molar-refractivity contribution < 1.29 is 14.3 Å². The first-order valence-electron chi connectivity index (χ1n) is 11.3. The Morgan fingerprint density at radius 2 is 1.84 bits per heavy atom. The fraction of sp³-hybridized carbons (Fsp3) is 0.458. The summed E-state index contributed by atoms with van der Waals surface area (Å²) in [7, 11) is 0. The first kappa shape index (κ1) is 21.3. The summed E-state index contributed by atoms with van der Waals surface area (Å²) in [5, 5.41) is 0.854. The molecule has 0 saturated carbocycles. The zero-order chi connectivity index (χ0) is 21.9. The highest BCUT2D eigenvalue weighted by molar-refractivity contribution is 7.21. The summed E-state index contributed by atoms with van der Waals surface area (Å²) < 4.78 is 11.7. The summed E-state index contributed by atoms with van der Waals surface area (Å²) in [5.41, 5.74) is 1.80. The van der Waals surface area contributed by atoms with Gasteiger partial charge in [-0.1, -0.05) is 30.3 Å². The van der Waals surface area contributed by atoms with Gasteiger partial charge in [-0.3, -0.25) is 9.69 Å². The van der Waals surface area contributed by atoms with E-state index in [0.717, 1.165) is 41.1 Å². The highest BCUT2D eigenvalue weighted by atomic mass is 32.1. The first-order chi connectivity index (χ1) is 15.7. The Bertz CT molecular complexity index is 1090. The van der Waals surface area contributed by atoms with Gasteiger partial charge in [0.1, 0.15) is 16.3 Å². The molecule has 1 amide bonds. The van der Waals surface area contributed by atoms with Gasteiger partial charge in [0.05, 0.1) is 24.3 Å². The summed E-state index contributed by atoms with van der Waals surface area (Å²) in [6.07, 6.45) is 2.49. The van der Waals surface area contributed by atoms with Crippen molar-refractivity contribution in [3.05, 3.63) is 40.9 Å². The second kappa shape index (κ2) is 9.52. The second-order valence-electron chi connectivity index (χ2n) is 8.24. The topological polar surface area (TPSA) is 67.8 Å². The fourth-order valence-corrected chi connectivity index (χ4v) is 5.46. The highest BCUT2D eigenvalue weighted by Crippen LogP contribution is 2.40. The van der Waals surface area contributed by atoms with Crippen molar-refractivity contribution >= 4 is 27.5 Å². The largest absolute Gasteiger partial charge is 0.490 e. The van der Waals surface area contributed by atoms with Crippen LogP contribution >= 0.6 is 11.3 Å². The van der Waals surface area contributed by atoms with Gasteiger partial charge in [-0.15, -0.1) is 11.3 Å². The lowest BCUT2D eigenvalue weighted by molar-refractivity contribution is 0.0304. The Morgan fingerprint density at radius 1 is 1.09 bits per heavy atom. The average molecular weight is 453 g/mol. The highest BCUT2D eigenvalue weighted by Gasteiger charge is 2.28. The van der Waals surface area contributed by atoms with Gasteiger partial charge in [-0.2, -0.15) is 0 Å². The number of thiophene rings is 1. The number of benzene rings is 1. The molecule has 0 spiro atoms. The molecule has 0 aliphatic carbocycles. The van der Waals surface area contributed by atoms with E-state index in [0.29, 0.717) is 49.4 Å². The van der Waals surface area contributed by atoms with Crippen molar-refractivity contribution in [2.75, 3.05) is 52.5 Å². The third-order valence-electron chi connectivity index (χ3n) is 6.07. The van der Waals surface area contributed by atoms with Crippen LogP contribution in [0.15, 0.2) is 30.3 Å². The standard InChI is InChI=1S/C24H28N4O3S/c1-17-19-20(31-16-11-27-9-5-6-10-27)21(24(29)28-12-14-30-15-13-28)32-23(19)26-22(25-17)18-7-3-2-4-8-18/h2-4,7-8H,5-6,9-16H2,1H3. The van der Waals surface area contributed by atoms with Gasteiger partial charge in [0.15, 0.2) is 11.6 Å². The van der Waals surface area contributed by atoms with E-state index in [9.17, 15) is 4.79 Å². The van der Waals surface area contributed by atoms with Crippen LogP contribution in [0, 0.1) is 6.92 Å². The molecule has 0 N–H and O–H groups in total. The summed E-state index contributed by atoms with van der Waals surface area (Å²) in [4.78, 5) is 28.7. The van der Waals surface area contributed by atoms with Gasteiger partial charge in [0.25, 0.3) is 5.91 Å². The van der Waals surface area contributed by atoms with Crippen molar-refractivity contribution in [2.45, 2.75) is 19.8 Å². The van der Waals surface area contributed by atoms with Crippen molar-refractivity contribution in [2.24, 2.45) is 0 Å². The molecule has 7 nitrogen and oxygen atoms in total. The number of carbonyl (C=O) groups excluding carboxylic acids is 1. The number of likely N-dealkylation sites (tertiary alicyclic amines) is 1. The monoisotopic (exact) mass is 452 g/mol. The maximum absolute atomic E-state index is 13.4. The van der Waals surface area contributed by atoms with Crippen molar-refractivity contribution in [3.8, 4) is 17.1 Å². The Kier molecular flexibility index (Phi) is 6.34. The van der Waals surface area contributed by atoms with Crippen LogP contribution in [0.3, 0.4) is 0 Å². The number of morpholine rings is 1. The summed E-state index contributed by atoms with van der Waals surface area (Å²) in [6, 6.07) is 9.94. The van der Waals surface area contributed by atoms with E-state index in [1.165, 1.54) is 24.2 Å². The molecule has 0 radical (unpaired) electrons. The number of nitrogens with zero attached hydrogens (tertiary/aromatic N) is 4. The van der Waals surface area contributed by atoms with Crippen molar-refractivity contribution in [3.63, 3.8) is 0 Å². The molecule has 5 rings (SSSR count). The molecule has 2 aliphatic rings. The van der Waals surface area contributed by atoms with Gasteiger partial charge in [0, 0.05) is 25.2 Å². The van der Waals surface area contributed by atoms with Crippen LogP contribution in [0.4, 0.5) is 0 Å². The minimum atomic E-state index is -0.00636. The Balaban J connectivity index is 1.51. The molecule has 1 aromatic carbocycles. The molecule has 2 saturated heterocycles. The molecule has 3 aromatic rings. The molecule has 0 bridgehead atoms. The van der Waals surface area contributed by atoms with Crippen LogP contribution in [0.25, 0.3) is 21.6 Å². The molecule has 4 heterocycles. The quantitative estimate of drug-likeness (QED) is 0.569. The van der Waals surface area contributed by atoms with E-state index in [2.05, 4.69) is 4.90 Å². The van der Waals surface area contributed by atoms with E-state index in [1.807, 2.05) is 42.2 Å². The molecule has 32 heavy (non-hydrogen) atoms. The fourth-order valence-electron chi connectivity index (χ4n) is 4.33. The van der Waals surface area contributed by atoms with E-state index in [-0.39, 0.29) is 5.91 Å². The molecular formula is C24H28N4O3S. The van der Waals surface area contributed by atoms with Crippen LogP contribution in [-0.4, -0.2) is 78.2 Å². The number of carbonyl (C=O) groups is 1. The second-order valence-corrected chi connectivity index (χ2v) is 9.24. The number of aromatic nitrogens is 2. The molecule has 2 aliphatic heterocycles. The van der Waals surface area contributed by atoms with Gasteiger partial charge in [0.2, 0.25) is 0 Å². The lowest BCUT2D eigenvalue weighted by Gasteiger charge is -2.26. The Labute approximate surface area is 192 Å². The molecule has 8 heteroatoms. The summed E-state index contributed by atoms with van der Waals surface area (Å²) >= 11 is 1.41. The molecular weight excluding hydrogens is 424 g/mol. The number of ether oxygens (including phenoxy) is 2. The zero-order valence-corrected chi connectivity index (χ0v) is 19.2. The molecule has 168 valence electrons. The van der Waals surface area contributed by atoms with Crippen LogP contribution in [-0.2, 0) is 4.74 Å². The van der Waals surface area contributed by atoms with Crippen LogP contribution < -0.4 is 4.74 Å². The van der Waals surface area contributed by atoms with Crippen LogP contribution in [0.5, 0.6) is 5.75 Å². The Morgan fingerprint density at radius 3 is 2.59 bits per heavy atom. The number of amides is 1. The summed E-state index contributed by atoms with van der Waals surface area (Å²) in [6.45, 7) is 7.96. The van der Waals surface area contributed by atoms with E-state index in [1.54, 1.807) is 0 Å². The van der Waals surface area contributed by atoms with E-state index < -0.39 is 0 Å². The van der Waals surface area contributed by atoms with Gasteiger partial charge < -0.3 is 14.4 Å². The van der Waals surface area contributed by atoms with Crippen LogP contribution in [0.1, 0.15) is 28.2 Å². The number of hydrogen-bond donors (Lipinski definition) is 0. The lowest BCUT2D eigenvalue weighted by atomic mass is 10.2. The lowest BCUT2D eigenvalue weighted by Crippen LogP contribution is -2.40. The van der Waals surface area contributed by atoms with Crippen molar-refractivity contribution in [1.29, 1.82) is 0 Å². The smallest absolute Gasteiger partial charge is 0.268 e. The predicted molar refractivity (Wildman–Crippen MR) is 125 cm³/mol. The maximum atomic E-state index is 13.4. The Hall–Kier alpha value is -2.55. The molecule has 2 aromatic heterocycles. The third-order valence-corrected chi connectivity index (χ3v) is 7.12. The number of aryl methyl sites for hydroxylation is 1. The number of fused-ring (bicyclic) bond motifs is 1. The van der Waals surface area contributed by atoms with Gasteiger partial charge in [-0.05, 0) is 32.9 Å². The number of rotatable bonds is 6. The van der Waals surface area contributed by atoms with E-state index >= 15 is 0 Å².